The van der Waals surface area contributed by atoms with Crippen LogP contribution in [0.4, 0.5) is 0 Å². The predicted octanol–water partition coefficient (Wildman–Crippen LogP) is 5.34. The van der Waals surface area contributed by atoms with Gasteiger partial charge in [-0.2, -0.15) is 0 Å². The molecule has 2 aromatic heterocycles. The number of nitrogens with zero attached hydrogens (tertiary/aromatic N) is 2. The fourth-order valence-corrected chi connectivity index (χ4v) is 3.21. The summed E-state index contributed by atoms with van der Waals surface area (Å²) in [4.78, 5) is 6.51. The van der Waals surface area contributed by atoms with E-state index in [9.17, 15) is 0 Å². The fraction of sp³-hybridized carbons (Fsp3) is 0.350. The molecule has 4 rings (SSSR count). The quantitative estimate of drug-likeness (QED) is 0.597. The molecule has 2 unspecified atom stereocenters. The van der Waals surface area contributed by atoms with Crippen molar-refractivity contribution in [3.8, 4) is 11.3 Å². The number of oxazole rings is 1. The highest BCUT2D eigenvalue weighted by Crippen LogP contribution is 2.47. The summed E-state index contributed by atoms with van der Waals surface area (Å²) in [5, 5.41) is 0.710. The molecule has 25 heavy (non-hydrogen) atoms. The van der Waals surface area contributed by atoms with E-state index in [1.54, 1.807) is 6.20 Å². The molecule has 0 saturated heterocycles. The van der Waals surface area contributed by atoms with Crippen molar-refractivity contribution >= 4 is 11.6 Å². The summed E-state index contributed by atoms with van der Waals surface area (Å²) < 4.78 is 11.8. The third-order valence-electron chi connectivity index (χ3n) is 4.67. The number of benzene rings is 1. The van der Waals surface area contributed by atoms with Crippen molar-refractivity contribution in [3.05, 3.63) is 65.0 Å². The van der Waals surface area contributed by atoms with E-state index >= 15 is 0 Å². The average Bonchev–Trinajstić information content (AvgIpc) is 2.99. The first-order chi connectivity index (χ1) is 12.1. The molecule has 1 aromatic carbocycles. The van der Waals surface area contributed by atoms with E-state index in [-0.39, 0.29) is 0 Å². The van der Waals surface area contributed by atoms with Gasteiger partial charge in [-0.3, -0.25) is 4.90 Å². The van der Waals surface area contributed by atoms with Crippen molar-refractivity contribution in [2.45, 2.75) is 32.4 Å². The second-order valence-electron chi connectivity index (χ2n) is 6.92. The topological polar surface area (TPSA) is 42.4 Å². The van der Waals surface area contributed by atoms with Crippen LogP contribution < -0.4 is 0 Å². The molecule has 2 heterocycles. The van der Waals surface area contributed by atoms with Crippen LogP contribution in [-0.4, -0.2) is 16.9 Å². The normalized spacial score (nSPS) is 19.5. The van der Waals surface area contributed by atoms with Crippen LogP contribution >= 0.6 is 11.6 Å². The summed E-state index contributed by atoms with van der Waals surface area (Å²) >= 11 is 5.92. The zero-order valence-electron chi connectivity index (χ0n) is 14.4. The lowest BCUT2D eigenvalue weighted by atomic mass is 10.2. The van der Waals surface area contributed by atoms with Gasteiger partial charge in [0, 0.05) is 16.5 Å². The van der Waals surface area contributed by atoms with E-state index < -0.39 is 0 Å². The SMILES string of the molecule is CC1CC1c1ccc(CN(C)Cc2ncc(-c3ccc(Cl)cc3)o2)o1. The van der Waals surface area contributed by atoms with Crippen molar-refractivity contribution in [2.75, 3.05) is 7.05 Å². The zero-order valence-corrected chi connectivity index (χ0v) is 15.2. The van der Waals surface area contributed by atoms with E-state index in [4.69, 9.17) is 20.4 Å². The lowest BCUT2D eigenvalue weighted by molar-refractivity contribution is 0.257. The van der Waals surface area contributed by atoms with Crippen molar-refractivity contribution in [2.24, 2.45) is 5.92 Å². The van der Waals surface area contributed by atoms with Gasteiger partial charge in [-0.05, 0) is 55.8 Å². The molecule has 1 aliphatic carbocycles. The second-order valence-corrected chi connectivity index (χ2v) is 7.36. The van der Waals surface area contributed by atoms with Gasteiger partial charge >= 0.3 is 0 Å². The molecule has 0 bridgehead atoms. The van der Waals surface area contributed by atoms with Crippen LogP contribution in [0.2, 0.25) is 5.02 Å². The van der Waals surface area contributed by atoms with Crippen LogP contribution in [0.15, 0.2) is 51.4 Å². The number of halogens is 1. The van der Waals surface area contributed by atoms with Gasteiger partial charge in [0.2, 0.25) is 5.89 Å². The highest BCUT2D eigenvalue weighted by atomic mass is 35.5. The third kappa shape index (κ3) is 3.80. The Labute approximate surface area is 152 Å². The molecule has 5 heteroatoms. The van der Waals surface area contributed by atoms with Crippen molar-refractivity contribution in [1.82, 2.24) is 9.88 Å². The minimum Gasteiger partial charge on any atom is -0.464 e. The molecule has 0 aliphatic heterocycles. The molecule has 2 atom stereocenters. The molecule has 1 aliphatic rings. The smallest absolute Gasteiger partial charge is 0.209 e. The van der Waals surface area contributed by atoms with Gasteiger partial charge in [-0.1, -0.05) is 18.5 Å². The summed E-state index contributed by atoms with van der Waals surface area (Å²) in [5.74, 6) is 4.93. The first kappa shape index (κ1) is 16.4. The van der Waals surface area contributed by atoms with Gasteiger partial charge in [-0.15, -0.1) is 0 Å². The summed E-state index contributed by atoms with van der Waals surface area (Å²) in [6.07, 6.45) is 3.00. The van der Waals surface area contributed by atoms with E-state index in [2.05, 4.69) is 28.9 Å². The molecule has 1 fully saturated rings. The molecule has 1 saturated carbocycles. The summed E-state index contributed by atoms with van der Waals surface area (Å²) in [7, 11) is 2.04. The molecule has 0 amide bonds. The minimum absolute atomic E-state index is 0.618. The number of aromatic nitrogens is 1. The van der Waals surface area contributed by atoms with Crippen LogP contribution in [0.1, 0.15) is 36.7 Å². The highest BCUT2D eigenvalue weighted by Gasteiger charge is 2.36. The first-order valence-corrected chi connectivity index (χ1v) is 8.94. The fourth-order valence-electron chi connectivity index (χ4n) is 3.08. The monoisotopic (exact) mass is 356 g/mol. The average molecular weight is 357 g/mol. The van der Waals surface area contributed by atoms with Crippen LogP contribution in [-0.2, 0) is 13.1 Å². The molecule has 0 spiro atoms. The van der Waals surface area contributed by atoms with E-state index in [1.165, 1.54) is 6.42 Å². The van der Waals surface area contributed by atoms with Crippen LogP contribution in [0, 0.1) is 5.92 Å². The van der Waals surface area contributed by atoms with Crippen molar-refractivity contribution < 1.29 is 8.83 Å². The molecule has 130 valence electrons. The molecule has 0 radical (unpaired) electrons. The number of hydrogen-bond acceptors (Lipinski definition) is 4. The molecule has 4 nitrogen and oxygen atoms in total. The Morgan fingerprint density at radius 1 is 1.12 bits per heavy atom. The highest BCUT2D eigenvalue weighted by molar-refractivity contribution is 6.30. The number of hydrogen-bond donors (Lipinski definition) is 0. The second kappa shape index (κ2) is 6.70. The summed E-state index contributed by atoms with van der Waals surface area (Å²) in [5.41, 5.74) is 0.972. The lowest BCUT2D eigenvalue weighted by Gasteiger charge is -2.12. The zero-order chi connectivity index (χ0) is 17.4. The minimum atomic E-state index is 0.618. The Balaban J connectivity index is 1.37. The van der Waals surface area contributed by atoms with Gasteiger partial charge in [-0.25, -0.2) is 4.98 Å². The molecule has 3 aromatic rings. The van der Waals surface area contributed by atoms with Gasteiger partial charge in [0.15, 0.2) is 5.76 Å². The first-order valence-electron chi connectivity index (χ1n) is 8.56. The molecule has 0 N–H and O–H groups in total. The van der Waals surface area contributed by atoms with Crippen LogP contribution in [0.5, 0.6) is 0 Å². The standard InChI is InChI=1S/C20H21ClN2O2/c1-13-9-17(13)18-8-7-16(24-18)11-23(2)12-20-22-10-19(25-20)14-3-5-15(21)6-4-14/h3-8,10,13,17H,9,11-12H2,1-2H3. The van der Waals surface area contributed by atoms with E-state index in [0.717, 1.165) is 35.3 Å². The lowest BCUT2D eigenvalue weighted by Crippen LogP contribution is -2.16. The third-order valence-corrected chi connectivity index (χ3v) is 4.92. The van der Waals surface area contributed by atoms with E-state index in [0.29, 0.717) is 23.4 Å². The maximum atomic E-state index is 5.97. The predicted molar refractivity (Wildman–Crippen MR) is 97.4 cm³/mol. The van der Waals surface area contributed by atoms with Gasteiger partial charge in [0.1, 0.15) is 11.5 Å². The maximum absolute atomic E-state index is 5.97. The van der Waals surface area contributed by atoms with Crippen LogP contribution in [0.25, 0.3) is 11.3 Å². The Bertz CT molecular complexity index is 853. The Morgan fingerprint density at radius 2 is 1.88 bits per heavy atom. The Hall–Kier alpha value is -2.04. The number of rotatable bonds is 6. The molecular weight excluding hydrogens is 336 g/mol. The van der Waals surface area contributed by atoms with Gasteiger partial charge in [0.05, 0.1) is 19.3 Å². The van der Waals surface area contributed by atoms with Gasteiger partial charge in [0.25, 0.3) is 0 Å². The summed E-state index contributed by atoms with van der Waals surface area (Å²) in [6, 6.07) is 11.7. The Morgan fingerprint density at radius 3 is 2.60 bits per heavy atom. The van der Waals surface area contributed by atoms with E-state index in [1.807, 2.05) is 31.3 Å². The Kier molecular flexibility index (Phi) is 4.40. The van der Waals surface area contributed by atoms with Crippen LogP contribution in [0.3, 0.4) is 0 Å². The maximum Gasteiger partial charge on any atom is 0.209 e. The summed E-state index contributed by atoms with van der Waals surface area (Å²) in [6.45, 7) is 3.63. The van der Waals surface area contributed by atoms with Gasteiger partial charge < -0.3 is 8.83 Å². The molecular formula is C20H21ClN2O2. The largest absolute Gasteiger partial charge is 0.464 e. The number of furan rings is 1. The van der Waals surface area contributed by atoms with Crippen molar-refractivity contribution in [3.63, 3.8) is 0 Å². The van der Waals surface area contributed by atoms with Crippen molar-refractivity contribution in [1.29, 1.82) is 0 Å².